The van der Waals surface area contributed by atoms with Gasteiger partial charge in [-0.3, -0.25) is 4.21 Å². The molecule has 94 valence electrons. The number of hydrogen-bond donors (Lipinski definition) is 0. The number of methoxy groups -OCH3 is 1. The van der Waals surface area contributed by atoms with Gasteiger partial charge in [0.1, 0.15) is 5.75 Å². The molecule has 0 aromatic heterocycles. The fourth-order valence-electron chi connectivity index (χ4n) is 1.74. The molecule has 0 heterocycles. The van der Waals surface area contributed by atoms with Gasteiger partial charge in [-0.2, -0.15) is 0 Å². The summed E-state index contributed by atoms with van der Waals surface area (Å²) in [6.45, 7) is 2.02. The smallest absolute Gasteiger partial charge is 0.122 e. The first kappa shape index (κ1) is 12.8. The van der Waals surface area contributed by atoms with Crippen molar-refractivity contribution in [2.75, 3.05) is 7.11 Å². The number of rotatable bonds is 4. The van der Waals surface area contributed by atoms with E-state index in [1.165, 1.54) is 5.56 Å². The largest absolute Gasteiger partial charge is 0.496 e. The van der Waals surface area contributed by atoms with Crippen molar-refractivity contribution in [1.29, 1.82) is 0 Å². The van der Waals surface area contributed by atoms with Crippen molar-refractivity contribution in [1.82, 2.24) is 0 Å². The van der Waals surface area contributed by atoms with E-state index in [0.717, 1.165) is 16.2 Å². The summed E-state index contributed by atoms with van der Waals surface area (Å²) >= 11 is 0. The average molecular weight is 260 g/mol. The van der Waals surface area contributed by atoms with Crippen LogP contribution in [0, 0.1) is 6.92 Å². The molecule has 0 amide bonds. The monoisotopic (exact) mass is 260 g/mol. The zero-order chi connectivity index (χ0) is 13.0. The van der Waals surface area contributed by atoms with Gasteiger partial charge in [-0.25, -0.2) is 0 Å². The van der Waals surface area contributed by atoms with E-state index in [2.05, 4.69) is 0 Å². The van der Waals surface area contributed by atoms with Crippen LogP contribution in [0.2, 0.25) is 0 Å². The maximum atomic E-state index is 12.2. The van der Waals surface area contributed by atoms with Crippen LogP contribution in [0.1, 0.15) is 11.1 Å². The van der Waals surface area contributed by atoms with E-state index in [4.69, 9.17) is 4.74 Å². The van der Waals surface area contributed by atoms with Crippen LogP contribution in [0.15, 0.2) is 53.4 Å². The van der Waals surface area contributed by atoms with Crippen LogP contribution in [0.3, 0.4) is 0 Å². The summed E-state index contributed by atoms with van der Waals surface area (Å²) in [4.78, 5) is 0.853. The van der Waals surface area contributed by atoms with Crippen LogP contribution in [0.25, 0.3) is 0 Å². The number of para-hydroxylation sites is 1. The number of hydrogen-bond acceptors (Lipinski definition) is 2. The molecule has 0 spiro atoms. The first-order valence-electron chi connectivity index (χ1n) is 5.77. The lowest BCUT2D eigenvalue weighted by Crippen LogP contribution is -1.99. The molecule has 3 heteroatoms. The van der Waals surface area contributed by atoms with Crippen molar-refractivity contribution in [2.45, 2.75) is 17.6 Å². The molecule has 1 atom stereocenters. The molecule has 0 saturated carbocycles. The van der Waals surface area contributed by atoms with Crippen molar-refractivity contribution in [3.63, 3.8) is 0 Å². The molecular weight excluding hydrogens is 244 g/mol. The van der Waals surface area contributed by atoms with Crippen molar-refractivity contribution in [2.24, 2.45) is 0 Å². The molecule has 0 aliphatic heterocycles. The highest BCUT2D eigenvalue weighted by Crippen LogP contribution is 2.21. The number of ether oxygens (including phenoxy) is 1. The second-order valence-electron chi connectivity index (χ2n) is 4.11. The zero-order valence-corrected chi connectivity index (χ0v) is 11.4. The average Bonchev–Trinajstić information content (AvgIpc) is 2.40. The van der Waals surface area contributed by atoms with Crippen molar-refractivity contribution < 1.29 is 8.95 Å². The second kappa shape index (κ2) is 5.83. The van der Waals surface area contributed by atoms with Crippen molar-refractivity contribution in [3.05, 3.63) is 59.7 Å². The molecule has 2 nitrogen and oxygen atoms in total. The molecular formula is C15H16O2S. The predicted molar refractivity (Wildman–Crippen MR) is 74.3 cm³/mol. The quantitative estimate of drug-likeness (QED) is 0.843. The molecule has 2 aromatic carbocycles. The summed E-state index contributed by atoms with van der Waals surface area (Å²) in [6, 6.07) is 15.5. The summed E-state index contributed by atoms with van der Waals surface area (Å²) < 4.78 is 17.5. The van der Waals surface area contributed by atoms with E-state index in [1.807, 2.05) is 55.5 Å². The predicted octanol–water partition coefficient (Wildman–Crippen LogP) is 3.31. The Labute approximate surface area is 110 Å². The molecule has 0 saturated heterocycles. The molecule has 0 aliphatic carbocycles. The zero-order valence-electron chi connectivity index (χ0n) is 10.6. The molecule has 18 heavy (non-hydrogen) atoms. The fraction of sp³-hybridized carbons (Fsp3) is 0.200. The maximum Gasteiger partial charge on any atom is 0.122 e. The molecule has 1 unspecified atom stereocenters. The first-order valence-corrected chi connectivity index (χ1v) is 7.09. The minimum Gasteiger partial charge on any atom is -0.496 e. The van der Waals surface area contributed by atoms with E-state index in [1.54, 1.807) is 7.11 Å². The standard InChI is InChI=1S/C15H16O2S/c1-12-7-9-14(10-8-12)18(16)11-13-5-3-4-6-15(13)17-2/h3-10H,11H2,1-2H3. The van der Waals surface area contributed by atoms with Gasteiger partial charge in [-0.1, -0.05) is 35.9 Å². The maximum absolute atomic E-state index is 12.2. The number of benzene rings is 2. The highest BCUT2D eigenvalue weighted by Gasteiger charge is 2.08. The summed E-state index contributed by atoms with van der Waals surface area (Å²) in [7, 11) is 0.598. The van der Waals surface area contributed by atoms with Crippen molar-refractivity contribution in [3.8, 4) is 5.75 Å². The lowest BCUT2D eigenvalue weighted by Gasteiger charge is -2.08. The van der Waals surface area contributed by atoms with E-state index >= 15 is 0 Å². The highest BCUT2D eigenvalue weighted by molar-refractivity contribution is 7.84. The van der Waals surface area contributed by atoms with Gasteiger partial charge in [0.25, 0.3) is 0 Å². The Balaban J connectivity index is 2.18. The molecule has 2 aromatic rings. The molecule has 0 radical (unpaired) electrons. The summed E-state index contributed by atoms with van der Waals surface area (Å²) in [6.07, 6.45) is 0. The highest BCUT2D eigenvalue weighted by atomic mass is 32.2. The van der Waals surface area contributed by atoms with Gasteiger partial charge in [-0.05, 0) is 25.1 Å². The van der Waals surface area contributed by atoms with Gasteiger partial charge in [0.15, 0.2) is 0 Å². The van der Waals surface area contributed by atoms with Gasteiger partial charge in [0, 0.05) is 10.5 Å². The SMILES string of the molecule is COc1ccccc1CS(=O)c1ccc(C)cc1. The number of aryl methyl sites for hydroxylation is 1. The van der Waals surface area contributed by atoms with Crippen LogP contribution in [0.4, 0.5) is 0 Å². The summed E-state index contributed by atoms with van der Waals surface area (Å²) in [5, 5.41) is 0. The normalized spacial score (nSPS) is 12.1. The van der Waals surface area contributed by atoms with E-state index in [9.17, 15) is 4.21 Å². The Kier molecular flexibility index (Phi) is 4.15. The Morgan fingerprint density at radius 2 is 1.72 bits per heavy atom. The van der Waals surface area contributed by atoms with Crippen LogP contribution in [-0.2, 0) is 16.6 Å². The van der Waals surface area contributed by atoms with Gasteiger partial charge in [0.2, 0.25) is 0 Å². The lowest BCUT2D eigenvalue weighted by molar-refractivity contribution is 0.411. The lowest BCUT2D eigenvalue weighted by atomic mass is 10.2. The van der Waals surface area contributed by atoms with E-state index < -0.39 is 10.8 Å². The van der Waals surface area contributed by atoms with Crippen LogP contribution >= 0.6 is 0 Å². The molecule has 0 N–H and O–H groups in total. The third-order valence-electron chi connectivity index (χ3n) is 2.76. The Bertz CT molecular complexity index is 547. The van der Waals surface area contributed by atoms with E-state index in [0.29, 0.717) is 5.75 Å². The van der Waals surface area contributed by atoms with Gasteiger partial charge in [0.05, 0.1) is 23.7 Å². The first-order chi connectivity index (χ1) is 8.70. The fourth-order valence-corrected chi connectivity index (χ4v) is 2.86. The molecule has 2 rings (SSSR count). The third-order valence-corrected chi connectivity index (χ3v) is 4.13. The molecule has 0 bridgehead atoms. The van der Waals surface area contributed by atoms with Gasteiger partial charge in [-0.15, -0.1) is 0 Å². The van der Waals surface area contributed by atoms with Crippen LogP contribution < -0.4 is 4.74 Å². The Morgan fingerprint density at radius 3 is 2.39 bits per heavy atom. The van der Waals surface area contributed by atoms with Gasteiger partial charge >= 0.3 is 0 Å². The Hall–Kier alpha value is -1.61. The Morgan fingerprint density at radius 1 is 1.06 bits per heavy atom. The molecule has 0 fully saturated rings. The van der Waals surface area contributed by atoms with E-state index in [-0.39, 0.29) is 0 Å². The van der Waals surface area contributed by atoms with Crippen LogP contribution in [-0.4, -0.2) is 11.3 Å². The van der Waals surface area contributed by atoms with Gasteiger partial charge < -0.3 is 4.74 Å². The minimum atomic E-state index is -1.03. The summed E-state index contributed by atoms with van der Waals surface area (Å²) in [5.41, 5.74) is 2.15. The van der Waals surface area contributed by atoms with Crippen molar-refractivity contribution >= 4 is 10.8 Å². The summed E-state index contributed by atoms with van der Waals surface area (Å²) in [5.74, 6) is 1.27. The minimum absolute atomic E-state index is 0.479. The third kappa shape index (κ3) is 2.99. The second-order valence-corrected chi connectivity index (χ2v) is 5.57. The van der Waals surface area contributed by atoms with Crippen LogP contribution in [0.5, 0.6) is 5.75 Å². The topological polar surface area (TPSA) is 26.3 Å². The molecule has 0 aliphatic rings.